The first kappa shape index (κ1) is 14.2. The van der Waals surface area contributed by atoms with Crippen LogP contribution < -0.4 is 5.32 Å². The minimum Gasteiger partial charge on any atom is -0.304 e. The van der Waals surface area contributed by atoms with Crippen LogP contribution in [-0.2, 0) is 7.05 Å². The van der Waals surface area contributed by atoms with E-state index in [4.69, 9.17) is 0 Å². The minimum absolute atomic E-state index is 0.0328. The molecule has 0 radical (unpaired) electrons. The Balaban J connectivity index is 2.03. The largest absolute Gasteiger partial charge is 0.304 e. The van der Waals surface area contributed by atoms with E-state index in [1.807, 2.05) is 19.2 Å². The van der Waals surface area contributed by atoms with Gasteiger partial charge in [0.25, 0.3) is 0 Å². The van der Waals surface area contributed by atoms with Gasteiger partial charge in [-0.1, -0.05) is 12.1 Å². The highest BCUT2D eigenvalue weighted by Gasteiger charge is 2.19. The number of aryl methyl sites for hydroxylation is 1. The van der Waals surface area contributed by atoms with E-state index in [2.05, 4.69) is 22.6 Å². The van der Waals surface area contributed by atoms with Crippen LogP contribution in [0.1, 0.15) is 30.0 Å². The number of hydrogen-bond donors (Lipinski definition) is 1. The Morgan fingerprint density at radius 2 is 2.24 bits per heavy atom. The van der Waals surface area contributed by atoms with Gasteiger partial charge in [-0.25, -0.2) is 4.39 Å². The summed E-state index contributed by atoms with van der Waals surface area (Å²) in [6.07, 6.45) is 2.82. The molecule has 6 heteroatoms. The van der Waals surface area contributed by atoms with Crippen LogP contribution in [-0.4, -0.2) is 21.5 Å². The number of fused-ring (bicyclic) bond motifs is 1. The first-order valence-corrected chi connectivity index (χ1v) is 7.77. The molecule has 21 heavy (non-hydrogen) atoms. The summed E-state index contributed by atoms with van der Waals surface area (Å²) in [6, 6.07) is 6.99. The summed E-state index contributed by atoms with van der Waals surface area (Å²) < 4.78 is 16.2. The zero-order valence-corrected chi connectivity index (χ0v) is 12.8. The molecule has 4 nitrogen and oxygen atoms in total. The van der Waals surface area contributed by atoms with Crippen molar-refractivity contribution in [3.63, 3.8) is 0 Å². The molecule has 2 heterocycles. The smallest absolute Gasteiger partial charge is 0.123 e. The molecule has 3 rings (SSSR count). The predicted octanol–water partition coefficient (Wildman–Crippen LogP) is 3.26. The normalized spacial score (nSPS) is 12.9. The van der Waals surface area contributed by atoms with E-state index in [-0.39, 0.29) is 11.9 Å². The predicted molar refractivity (Wildman–Crippen MR) is 82.9 cm³/mol. The molecule has 2 aromatic heterocycles. The number of halogens is 1. The number of nitrogens with one attached hydrogen (secondary N) is 1. The van der Waals surface area contributed by atoms with E-state index in [9.17, 15) is 4.39 Å². The molecule has 0 fully saturated rings. The molecular weight excluding hydrogens is 287 g/mol. The van der Waals surface area contributed by atoms with Gasteiger partial charge in [0.2, 0.25) is 0 Å². The van der Waals surface area contributed by atoms with Crippen molar-refractivity contribution >= 4 is 21.4 Å². The molecule has 0 saturated carbocycles. The lowest BCUT2D eigenvalue weighted by Gasteiger charge is -2.16. The third-order valence-electron chi connectivity index (χ3n) is 3.43. The first-order valence-electron chi connectivity index (χ1n) is 6.96. The molecule has 0 bridgehead atoms. The molecular formula is C15H17FN4S. The number of rotatable bonds is 5. The zero-order valence-electron chi connectivity index (χ0n) is 12.0. The van der Waals surface area contributed by atoms with Gasteiger partial charge in [-0.2, -0.15) is 0 Å². The summed E-state index contributed by atoms with van der Waals surface area (Å²) in [7, 11) is 1.88. The van der Waals surface area contributed by atoms with Gasteiger partial charge in [0.15, 0.2) is 0 Å². The molecule has 1 aromatic carbocycles. The maximum absolute atomic E-state index is 13.4. The molecule has 1 N–H and O–H groups in total. The second kappa shape index (κ2) is 5.91. The van der Waals surface area contributed by atoms with Crippen molar-refractivity contribution in [2.24, 2.45) is 7.05 Å². The van der Waals surface area contributed by atoms with Crippen molar-refractivity contribution in [1.29, 1.82) is 0 Å². The van der Waals surface area contributed by atoms with Crippen LogP contribution in [0.5, 0.6) is 0 Å². The Hall–Kier alpha value is -1.79. The Labute approximate surface area is 126 Å². The summed E-state index contributed by atoms with van der Waals surface area (Å²) in [5, 5.41) is 12.4. The summed E-state index contributed by atoms with van der Waals surface area (Å²) in [5.41, 5.74) is 1.01. The fourth-order valence-corrected chi connectivity index (χ4v) is 3.51. The molecule has 1 unspecified atom stereocenters. The van der Waals surface area contributed by atoms with Crippen LogP contribution in [0.25, 0.3) is 10.1 Å². The Bertz CT molecular complexity index is 749. The van der Waals surface area contributed by atoms with Gasteiger partial charge in [-0.15, -0.1) is 16.4 Å². The number of nitrogens with zero attached hydrogens (tertiary/aromatic N) is 3. The van der Waals surface area contributed by atoms with Crippen LogP contribution in [0.3, 0.4) is 0 Å². The number of aromatic nitrogens is 3. The summed E-state index contributed by atoms with van der Waals surface area (Å²) in [6.45, 7) is 3.03. The topological polar surface area (TPSA) is 42.7 Å². The average Bonchev–Trinajstić information content (AvgIpc) is 3.06. The minimum atomic E-state index is -0.202. The Morgan fingerprint density at radius 1 is 1.38 bits per heavy atom. The van der Waals surface area contributed by atoms with E-state index in [0.717, 1.165) is 33.6 Å². The number of thiophene rings is 1. The molecule has 0 aliphatic rings. The van der Waals surface area contributed by atoms with Gasteiger partial charge < -0.3 is 5.32 Å². The Kier molecular flexibility index (Phi) is 3.98. The van der Waals surface area contributed by atoms with Gasteiger partial charge in [0.1, 0.15) is 5.82 Å². The van der Waals surface area contributed by atoms with Crippen molar-refractivity contribution < 1.29 is 4.39 Å². The maximum Gasteiger partial charge on any atom is 0.123 e. The van der Waals surface area contributed by atoms with Crippen molar-refractivity contribution in [1.82, 2.24) is 20.3 Å². The van der Waals surface area contributed by atoms with Crippen molar-refractivity contribution in [2.45, 2.75) is 19.4 Å². The van der Waals surface area contributed by atoms with Gasteiger partial charge >= 0.3 is 0 Å². The van der Waals surface area contributed by atoms with Crippen LogP contribution in [0.4, 0.5) is 4.39 Å². The van der Waals surface area contributed by atoms with Gasteiger partial charge in [0.05, 0.1) is 17.9 Å². The van der Waals surface area contributed by atoms with E-state index >= 15 is 0 Å². The van der Waals surface area contributed by atoms with E-state index in [1.54, 1.807) is 28.3 Å². The molecule has 110 valence electrons. The summed E-state index contributed by atoms with van der Waals surface area (Å²) in [4.78, 5) is 1.15. The van der Waals surface area contributed by atoms with Crippen LogP contribution >= 0.6 is 11.3 Å². The summed E-state index contributed by atoms with van der Waals surface area (Å²) >= 11 is 1.67. The lowest BCUT2D eigenvalue weighted by molar-refractivity contribution is 0.556. The lowest BCUT2D eigenvalue weighted by atomic mass is 10.1. The van der Waals surface area contributed by atoms with Crippen molar-refractivity contribution in [3.05, 3.63) is 46.9 Å². The molecule has 0 spiro atoms. The second-order valence-corrected chi connectivity index (χ2v) is 6.12. The van der Waals surface area contributed by atoms with Gasteiger partial charge in [-0.3, -0.25) is 4.68 Å². The molecule has 3 aromatic rings. The maximum atomic E-state index is 13.4. The molecule has 1 atom stereocenters. The molecule has 0 saturated heterocycles. The van der Waals surface area contributed by atoms with Crippen LogP contribution in [0.15, 0.2) is 30.5 Å². The van der Waals surface area contributed by atoms with Crippen LogP contribution in [0.2, 0.25) is 0 Å². The molecule has 0 aliphatic heterocycles. The third kappa shape index (κ3) is 2.82. The fourth-order valence-electron chi connectivity index (χ4n) is 2.38. The monoisotopic (exact) mass is 304 g/mol. The second-order valence-electron chi connectivity index (χ2n) is 5.00. The highest BCUT2D eigenvalue weighted by atomic mass is 32.1. The van der Waals surface area contributed by atoms with Crippen molar-refractivity contribution in [3.8, 4) is 0 Å². The highest BCUT2D eigenvalue weighted by Crippen LogP contribution is 2.33. The lowest BCUT2D eigenvalue weighted by Crippen LogP contribution is -2.24. The third-order valence-corrected chi connectivity index (χ3v) is 4.61. The Morgan fingerprint density at radius 3 is 2.95 bits per heavy atom. The first-order chi connectivity index (χ1) is 10.2. The van der Waals surface area contributed by atoms with Gasteiger partial charge in [0, 0.05) is 16.6 Å². The zero-order chi connectivity index (χ0) is 14.8. The van der Waals surface area contributed by atoms with E-state index < -0.39 is 0 Å². The van der Waals surface area contributed by atoms with Crippen LogP contribution in [0, 0.1) is 5.82 Å². The summed E-state index contributed by atoms with van der Waals surface area (Å²) in [5.74, 6) is -0.202. The number of benzene rings is 1. The van der Waals surface area contributed by atoms with Crippen molar-refractivity contribution in [2.75, 3.05) is 6.54 Å². The quantitative estimate of drug-likeness (QED) is 0.787. The highest BCUT2D eigenvalue weighted by molar-refractivity contribution is 7.19. The molecule has 0 amide bonds. The fraction of sp³-hybridized carbons (Fsp3) is 0.333. The van der Waals surface area contributed by atoms with E-state index in [0.29, 0.717) is 0 Å². The number of hydrogen-bond acceptors (Lipinski definition) is 4. The average molecular weight is 304 g/mol. The SMILES string of the molecule is CCCNC(c1cc2cc(F)ccc2s1)c1cnnn1C. The standard InChI is InChI=1S/C15H17FN4S/c1-3-6-17-15(12-9-18-19-20(12)2)14-8-10-7-11(16)4-5-13(10)21-14/h4-5,7-9,15,17H,3,6H2,1-2H3. The van der Waals surface area contributed by atoms with E-state index in [1.165, 1.54) is 6.07 Å². The molecule has 0 aliphatic carbocycles. The van der Waals surface area contributed by atoms with Gasteiger partial charge in [-0.05, 0) is 42.6 Å².